The van der Waals surface area contributed by atoms with Crippen LogP contribution < -0.4 is 5.73 Å². The van der Waals surface area contributed by atoms with Crippen LogP contribution in [0.25, 0.3) is 22.4 Å². The first-order valence-corrected chi connectivity index (χ1v) is 8.70. The van der Waals surface area contributed by atoms with E-state index in [4.69, 9.17) is 10.5 Å². The van der Waals surface area contributed by atoms with Crippen molar-refractivity contribution in [3.63, 3.8) is 0 Å². The van der Waals surface area contributed by atoms with Crippen LogP contribution in [-0.4, -0.2) is 24.2 Å². The lowest BCUT2D eigenvalue weighted by molar-refractivity contribution is 0.0999. The number of carbonyl (C=O) groups excluding carboxylic acids is 1. The molecule has 1 unspecified atom stereocenters. The normalized spacial score (nSPS) is 12.1. The zero-order valence-corrected chi connectivity index (χ0v) is 15.4. The highest BCUT2D eigenvalue weighted by Gasteiger charge is 2.27. The first-order valence-electron chi connectivity index (χ1n) is 8.70. The van der Waals surface area contributed by atoms with Crippen LogP contribution >= 0.6 is 0 Å². The SMILES string of the molecule is COCC(C)n1c(C)c(C(N)=O)c(-c2ccccc2)c1-c1ccccc1. The molecule has 0 fully saturated rings. The third kappa shape index (κ3) is 3.16. The summed E-state index contributed by atoms with van der Waals surface area (Å²) in [5.74, 6) is -0.415. The largest absolute Gasteiger partial charge is 0.383 e. The fraction of sp³-hybridized carbons (Fsp3) is 0.227. The quantitative estimate of drug-likeness (QED) is 0.716. The van der Waals surface area contributed by atoms with E-state index in [1.54, 1.807) is 7.11 Å². The topological polar surface area (TPSA) is 57.2 Å². The molecule has 0 aliphatic carbocycles. The fourth-order valence-electron chi connectivity index (χ4n) is 3.64. The van der Waals surface area contributed by atoms with Gasteiger partial charge in [-0.2, -0.15) is 0 Å². The first-order chi connectivity index (χ1) is 12.6. The molecular formula is C22H24N2O2. The average Bonchev–Trinajstić information content (AvgIpc) is 2.96. The minimum absolute atomic E-state index is 0.0609. The Morgan fingerprint density at radius 1 is 1.04 bits per heavy atom. The van der Waals surface area contributed by atoms with Crippen LogP contribution in [0.15, 0.2) is 60.7 Å². The van der Waals surface area contributed by atoms with Gasteiger partial charge in [0, 0.05) is 18.4 Å². The lowest BCUT2D eigenvalue weighted by Crippen LogP contribution is -2.16. The number of rotatable bonds is 6. The molecule has 1 heterocycles. The molecule has 0 spiro atoms. The number of methoxy groups -OCH3 is 1. The number of primary amides is 1. The zero-order valence-electron chi connectivity index (χ0n) is 15.4. The van der Waals surface area contributed by atoms with Crippen LogP contribution in [0, 0.1) is 6.92 Å². The molecule has 2 N–H and O–H groups in total. The van der Waals surface area contributed by atoms with Gasteiger partial charge in [0.15, 0.2) is 0 Å². The molecule has 0 saturated heterocycles. The van der Waals surface area contributed by atoms with E-state index in [9.17, 15) is 4.79 Å². The second-order valence-corrected chi connectivity index (χ2v) is 6.45. The van der Waals surface area contributed by atoms with Crippen molar-refractivity contribution in [1.82, 2.24) is 4.57 Å². The molecule has 1 amide bonds. The molecule has 0 radical (unpaired) electrons. The van der Waals surface area contributed by atoms with E-state index in [1.807, 2.05) is 55.5 Å². The van der Waals surface area contributed by atoms with E-state index in [2.05, 4.69) is 23.6 Å². The van der Waals surface area contributed by atoms with Gasteiger partial charge in [0.1, 0.15) is 0 Å². The summed E-state index contributed by atoms with van der Waals surface area (Å²) in [6.07, 6.45) is 0. The van der Waals surface area contributed by atoms with Gasteiger partial charge in [-0.05, 0) is 25.0 Å². The highest BCUT2D eigenvalue weighted by molar-refractivity contribution is 6.05. The molecular weight excluding hydrogens is 324 g/mol. The molecule has 26 heavy (non-hydrogen) atoms. The van der Waals surface area contributed by atoms with Gasteiger partial charge >= 0.3 is 0 Å². The number of ether oxygens (including phenoxy) is 1. The highest BCUT2D eigenvalue weighted by atomic mass is 16.5. The molecule has 0 saturated carbocycles. The van der Waals surface area contributed by atoms with E-state index in [1.165, 1.54) is 0 Å². The summed E-state index contributed by atoms with van der Waals surface area (Å²) in [4.78, 5) is 12.4. The Bertz CT molecular complexity index is 899. The Hall–Kier alpha value is -2.85. The molecule has 0 aliphatic heterocycles. The number of amides is 1. The van der Waals surface area contributed by atoms with Gasteiger partial charge in [-0.1, -0.05) is 60.7 Å². The van der Waals surface area contributed by atoms with Crippen molar-refractivity contribution in [3.05, 3.63) is 71.9 Å². The summed E-state index contributed by atoms with van der Waals surface area (Å²) in [6, 6.07) is 20.1. The van der Waals surface area contributed by atoms with E-state index in [0.717, 1.165) is 28.1 Å². The van der Waals surface area contributed by atoms with Crippen LogP contribution in [0.5, 0.6) is 0 Å². The van der Waals surface area contributed by atoms with Crippen LogP contribution in [0.2, 0.25) is 0 Å². The molecule has 2 aromatic carbocycles. The number of nitrogens with two attached hydrogens (primary N) is 1. The summed E-state index contributed by atoms with van der Waals surface area (Å²) in [7, 11) is 1.69. The Morgan fingerprint density at radius 3 is 2.08 bits per heavy atom. The lowest BCUT2D eigenvalue weighted by atomic mass is 9.96. The van der Waals surface area contributed by atoms with E-state index in [0.29, 0.717) is 12.2 Å². The zero-order chi connectivity index (χ0) is 18.7. The highest BCUT2D eigenvalue weighted by Crippen LogP contribution is 2.40. The Morgan fingerprint density at radius 2 is 1.58 bits per heavy atom. The number of hydrogen-bond donors (Lipinski definition) is 1. The molecule has 1 aromatic heterocycles. The molecule has 3 aromatic rings. The van der Waals surface area contributed by atoms with Gasteiger partial charge < -0.3 is 15.0 Å². The van der Waals surface area contributed by atoms with E-state index >= 15 is 0 Å². The third-order valence-electron chi connectivity index (χ3n) is 4.66. The number of carbonyl (C=O) groups is 1. The molecule has 4 nitrogen and oxygen atoms in total. The van der Waals surface area contributed by atoms with Crippen LogP contribution in [0.4, 0.5) is 0 Å². The number of benzene rings is 2. The monoisotopic (exact) mass is 348 g/mol. The van der Waals surface area contributed by atoms with Crippen LogP contribution in [0.1, 0.15) is 29.0 Å². The van der Waals surface area contributed by atoms with E-state index in [-0.39, 0.29) is 6.04 Å². The van der Waals surface area contributed by atoms with Crippen molar-refractivity contribution in [1.29, 1.82) is 0 Å². The Kier molecular flexibility index (Phi) is 5.24. The van der Waals surface area contributed by atoms with Crippen molar-refractivity contribution >= 4 is 5.91 Å². The number of hydrogen-bond acceptors (Lipinski definition) is 2. The third-order valence-corrected chi connectivity index (χ3v) is 4.66. The smallest absolute Gasteiger partial charge is 0.251 e. The predicted molar refractivity (Wildman–Crippen MR) is 105 cm³/mol. The standard InChI is InChI=1S/C22H24N2O2/c1-15(14-26-3)24-16(2)19(22(23)25)20(17-10-6-4-7-11-17)21(24)18-12-8-5-9-13-18/h4-13,15H,14H2,1-3H3,(H2,23,25). The summed E-state index contributed by atoms with van der Waals surface area (Å²) in [5, 5.41) is 0. The minimum Gasteiger partial charge on any atom is -0.383 e. The number of aromatic nitrogens is 1. The first kappa shape index (κ1) is 18.0. The maximum absolute atomic E-state index is 12.4. The summed E-state index contributed by atoms with van der Waals surface area (Å²) < 4.78 is 7.55. The maximum Gasteiger partial charge on any atom is 0.251 e. The molecule has 134 valence electrons. The van der Waals surface area contributed by atoms with E-state index < -0.39 is 5.91 Å². The fourth-order valence-corrected chi connectivity index (χ4v) is 3.64. The summed E-state index contributed by atoms with van der Waals surface area (Å²) in [6.45, 7) is 4.58. The van der Waals surface area contributed by atoms with Crippen LogP contribution in [0.3, 0.4) is 0 Å². The van der Waals surface area contributed by atoms with Gasteiger partial charge in [0.05, 0.1) is 23.9 Å². The van der Waals surface area contributed by atoms with Gasteiger partial charge in [-0.15, -0.1) is 0 Å². The molecule has 0 aliphatic rings. The maximum atomic E-state index is 12.4. The van der Waals surface area contributed by atoms with Crippen molar-refractivity contribution in [2.24, 2.45) is 5.73 Å². The summed E-state index contributed by atoms with van der Waals surface area (Å²) in [5.41, 5.74) is 11.1. The van der Waals surface area contributed by atoms with Gasteiger partial charge in [0.25, 0.3) is 5.91 Å². The molecule has 1 atom stereocenters. The summed E-state index contributed by atoms with van der Waals surface area (Å²) >= 11 is 0. The number of nitrogens with zero attached hydrogens (tertiary/aromatic N) is 1. The van der Waals surface area contributed by atoms with Crippen molar-refractivity contribution in [3.8, 4) is 22.4 Å². The van der Waals surface area contributed by atoms with Crippen molar-refractivity contribution in [2.75, 3.05) is 13.7 Å². The Labute approximate surface area is 154 Å². The molecule has 0 bridgehead atoms. The second-order valence-electron chi connectivity index (χ2n) is 6.45. The molecule has 3 rings (SSSR count). The van der Waals surface area contributed by atoms with Crippen LogP contribution in [-0.2, 0) is 4.74 Å². The van der Waals surface area contributed by atoms with Gasteiger partial charge in [-0.25, -0.2) is 0 Å². The molecule has 4 heteroatoms. The van der Waals surface area contributed by atoms with Gasteiger partial charge in [0.2, 0.25) is 0 Å². The average molecular weight is 348 g/mol. The van der Waals surface area contributed by atoms with Crippen molar-refractivity contribution < 1.29 is 9.53 Å². The minimum atomic E-state index is -0.415. The van der Waals surface area contributed by atoms with Crippen molar-refractivity contribution in [2.45, 2.75) is 19.9 Å². The lowest BCUT2D eigenvalue weighted by Gasteiger charge is -2.20. The Balaban J connectivity index is 2.41. The second kappa shape index (κ2) is 7.58. The van der Waals surface area contributed by atoms with Gasteiger partial charge in [-0.3, -0.25) is 4.79 Å². The predicted octanol–water partition coefficient (Wildman–Crippen LogP) is 4.44.